The van der Waals surface area contributed by atoms with Crippen molar-refractivity contribution in [3.8, 4) is 50.2 Å². The predicted molar refractivity (Wildman–Crippen MR) is 374 cm³/mol. The summed E-state index contributed by atoms with van der Waals surface area (Å²) in [7, 11) is 0. The Hall–Kier alpha value is -8.72. The Balaban J connectivity index is 1.01. The Morgan fingerprint density at radius 3 is 1.23 bits per heavy atom. The lowest BCUT2D eigenvalue weighted by Gasteiger charge is -2.31. The maximum atomic E-state index is 2.54. The molecule has 1 aromatic heterocycles. The van der Waals surface area contributed by atoms with Gasteiger partial charge < -0.3 is 9.47 Å². The van der Waals surface area contributed by atoms with Gasteiger partial charge in [0.2, 0.25) is 0 Å². The fraction of sp³-hybridized carbons (Fsp3) is 0.238. The number of fused-ring (bicyclic) bond motifs is 3. The van der Waals surface area contributed by atoms with Gasteiger partial charge in [0, 0.05) is 32.9 Å². The Morgan fingerprint density at radius 1 is 0.267 bits per heavy atom. The molecule has 0 bridgehead atoms. The van der Waals surface area contributed by atoms with E-state index in [1.165, 1.54) is 132 Å². The highest BCUT2D eigenvalue weighted by atomic mass is 15.1. The highest BCUT2D eigenvalue weighted by Gasteiger charge is 2.27. The molecule has 0 amide bonds. The van der Waals surface area contributed by atoms with Gasteiger partial charge in [-0.1, -0.05) is 268 Å². The molecular formula is C84H82N2. The largest absolute Gasteiger partial charge is 0.310 e. The van der Waals surface area contributed by atoms with Gasteiger partial charge in [0.15, 0.2) is 0 Å². The molecule has 12 aromatic carbocycles. The number of anilines is 3. The van der Waals surface area contributed by atoms with Gasteiger partial charge in [0.1, 0.15) is 0 Å². The summed E-state index contributed by atoms with van der Waals surface area (Å²) >= 11 is 0. The van der Waals surface area contributed by atoms with E-state index in [4.69, 9.17) is 0 Å². The van der Waals surface area contributed by atoms with Gasteiger partial charge in [0.25, 0.3) is 0 Å². The van der Waals surface area contributed by atoms with Crippen LogP contribution in [0.2, 0.25) is 0 Å². The van der Waals surface area contributed by atoms with Crippen LogP contribution in [0, 0.1) is 0 Å². The van der Waals surface area contributed by atoms with Crippen LogP contribution in [0.4, 0.5) is 17.1 Å². The standard InChI is InChI=1S/C84H82N2/c1-80(2,3)61-35-43-76-72(51-61)73-52-62(81(4,5)6)36-44-77(73)86(76)75-42-34-58-31-39-70-74(41-33-57-32-40-71(75)79(58)78(57)70)85(67-48-60(47-65(50-67)84(13,14)15)69-24-20-19-23-68(69)56-21-17-16-18-22-56)66-37-29-54(30-38-66)53-25-27-55(28-26-53)59-45-63(82(7,8)9)49-64(46-59)83(10,11)12/h16-52H,1-15H3. The summed E-state index contributed by atoms with van der Waals surface area (Å²) in [5.41, 5.74) is 23.3. The topological polar surface area (TPSA) is 8.17 Å². The normalized spacial score (nSPS) is 12.8. The van der Waals surface area contributed by atoms with Crippen molar-refractivity contribution in [1.82, 2.24) is 4.57 Å². The fourth-order valence-corrected chi connectivity index (χ4v) is 13.1. The molecule has 0 fully saturated rings. The second kappa shape index (κ2) is 20.5. The van der Waals surface area contributed by atoms with Gasteiger partial charge in [-0.05, 0) is 182 Å². The summed E-state index contributed by atoms with van der Waals surface area (Å²) in [4.78, 5) is 2.53. The van der Waals surface area contributed by atoms with Crippen molar-refractivity contribution in [3.63, 3.8) is 0 Å². The van der Waals surface area contributed by atoms with Crippen LogP contribution in [0.1, 0.15) is 132 Å². The maximum Gasteiger partial charge on any atom is 0.0541 e. The molecule has 0 atom stereocenters. The SMILES string of the molecule is CC(C)(C)c1cc(-c2ccccc2-c2ccccc2)cc(N(c2ccc(-c3ccc(-c4cc(C(C)(C)C)cc(C(C)(C)C)c4)cc3)cc2)c2ccc3ccc4c(-n5c6ccc(C(C)(C)C)cc6c6cc(C(C)(C)C)ccc65)ccc5ccc2c3c54)c1. The number of benzene rings is 12. The van der Waals surface area contributed by atoms with Crippen LogP contribution in [0.25, 0.3) is 104 Å². The molecule has 13 rings (SSSR count). The van der Waals surface area contributed by atoms with E-state index in [2.05, 4.69) is 338 Å². The van der Waals surface area contributed by atoms with E-state index >= 15 is 0 Å². The number of aromatic nitrogens is 1. The zero-order valence-corrected chi connectivity index (χ0v) is 53.3. The zero-order chi connectivity index (χ0) is 60.4. The monoisotopic (exact) mass is 1120 g/mol. The van der Waals surface area contributed by atoms with Gasteiger partial charge in [0.05, 0.1) is 22.4 Å². The van der Waals surface area contributed by atoms with Gasteiger partial charge >= 0.3 is 0 Å². The van der Waals surface area contributed by atoms with Crippen LogP contribution in [0.3, 0.4) is 0 Å². The first-order valence-corrected chi connectivity index (χ1v) is 31.1. The molecule has 0 unspecified atom stereocenters. The summed E-state index contributed by atoms with van der Waals surface area (Å²) < 4.78 is 2.54. The molecule has 2 nitrogen and oxygen atoms in total. The van der Waals surface area contributed by atoms with Gasteiger partial charge in [-0.3, -0.25) is 0 Å². The third-order valence-electron chi connectivity index (χ3n) is 18.3. The van der Waals surface area contributed by atoms with Crippen LogP contribution in [0.5, 0.6) is 0 Å². The van der Waals surface area contributed by atoms with Crippen LogP contribution in [-0.4, -0.2) is 4.57 Å². The third-order valence-corrected chi connectivity index (χ3v) is 18.3. The van der Waals surface area contributed by atoms with Crippen molar-refractivity contribution >= 4 is 71.2 Å². The number of hydrogen-bond donors (Lipinski definition) is 0. The average Bonchev–Trinajstić information content (AvgIpc) is 1.66. The first-order valence-electron chi connectivity index (χ1n) is 31.1. The van der Waals surface area contributed by atoms with Gasteiger partial charge in [-0.15, -0.1) is 0 Å². The summed E-state index contributed by atoms with van der Waals surface area (Å²) in [6.45, 7) is 34.8. The van der Waals surface area contributed by atoms with E-state index in [1.807, 2.05) is 0 Å². The Kier molecular flexibility index (Phi) is 13.4. The van der Waals surface area contributed by atoms with Crippen molar-refractivity contribution in [1.29, 1.82) is 0 Å². The van der Waals surface area contributed by atoms with Crippen molar-refractivity contribution < 1.29 is 0 Å². The van der Waals surface area contributed by atoms with E-state index in [0.717, 1.165) is 17.1 Å². The van der Waals surface area contributed by atoms with E-state index < -0.39 is 0 Å². The maximum absolute atomic E-state index is 2.54. The smallest absolute Gasteiger partial charge is 0.0541 e. The van der Waals surface area contributed by atoms with Gasteiger partial charge in [-0.25, -0.2) is 0 Å². The van der Waals surface area contributed by atoms with Crippen LogP contribution < -0.4 is 4.90 Å². The van der Waals surface area contributed by atoms with E-state index in [0.29, 0.717) is 0 Å². The lowest BCUT2D eigenvalue weighted by Crippen LogP contribution is -2.16. The van der Waals surface area contributed by atoms with E-state index in [1.54, 1.807) is 0 Å². The molecule has 86 heavy (non-hydrogen) atoms. The highest BCUT2D eigenvalue weighted by Crippen LogP contribution is 2.49. The van der Waals surface area contributed by atoms with Gasteiger partial charge in [-0.2, -0.15) is 0 Å². The minimum absolute atomic E-state index is 0.0106. The van der Waals surface area contributed by atoms with Crippen molar-refractivity contribution in [2.45, 2.75) is 131 Å². The molecule has 0 spiro atoms. The Morgan fingerprint density at radius 2 is 0.698 bits per heavy atom. The first-order chi connectivity index (χ1) is 40.8. The summed E-state index contributed by atoms with van der Waals surface area (Å²) in [6, 6.07) is 86.0. The second-order valence-electron chi connectivity index (χ2n) is 29.6. The minimum Gasteiger partial charge on any atom is -0.310 e. The Labute approximate surface area is 511 Å². The van der Waals surface area contributed by atoms with Crippen LogP contribution in [0.15, 0.2) is 224 Å². The fourth-order valence-electron chi connectivity index (χ4n) is 13.1. The summed E-state index contributed by atoms with van der Waals surface area (Å²) in [6.07, 6.45) is 0. The molecule has 0 saturated carbocycles. The third kappa shape index (κ3) is 10.2. The molecule has 0 saturated heterocycles. The molecule has 13 aromatic rings. The molecular weight excluding hydrogens is 1040 g/mol. The molecule has 0 radical (unpaired) electrons. The van der Waals surface area contributed by atoms with E-state index in [9.17, 15) is 0 Å². The molecule has 428 valence electrons. The average molecular weight is 1120 g/mol. The summed E-state index contributed by atoms with van der Waals surface area (Å²) in [5.74, 6) is 0. The number of rotatable bonds is 8. The molecule has 0 aliphatic rings. The quantitative estimate of drug-likeness (QED) is 0.138. The number of nitrogens with zero attached hydrogens (tertiary/aromatic N) is 2. The second-order valence-corrected chi connectivity index (χ2v) is 29.6. The molecule has 0 aliphatic heterocycles. The van der Waals surface area contributed by atoms with Crippen molar-refractivity contribution in [3.05, 3.63) is 252 Å². The van der Waals surface area contributed by atoms with E-state index in [-0.39, 0.29) is 27.1 Å². The number of hydrogen-bond acceptors (Lipinski definition) is 1. The van der Waals surface area contributed by atoms with Crippen molar-refractivity contribution in [2.75, 3.05) is 4.90 Å². The molecule has 0 N–H and O–H groups in total. The minimum atomic E-state index is -0.148. The van der Waals surface area contributed by atoms with Crippen LogP contribution >= 0.6 is 0 Å². The first kappa shape index (κ1) is 56.4. The molecule has 2 heteroatoms. The molecule has 0 aliphatic carbocycles. The summed E-state index contributed by atoms with van der Waals surface area (Å²) in [5, 5.41) is 10.1. The lowest BCUT2D eigenvalue weighted by molar-refractivity contribution is 0.569. The highest BCUT2D eigenvalue weighted by molar-refractivity contribution is 6.27. The lowest BCUT2D eigenvalue weighted by atomic mass is 9.79. The van der Waals surface area contributed by atoms with Crippen molar-refractivity contribution in [2.24, 2.45) is 0 Å². The predicted octanol–water partition coefficient (Wildman–Crippen LogP) is 24.3. The Bertz CT molecular complexity index is 4620. The zero-order valence-electron chi connectivity index (χ0n) is 53.3. The molecule has 1 heterocycles. The van der Waals surface area contributed by atoms with Crippen LogP contribution in [-0.2, 0) is 27.1 Å².